The van der Waals surface area contributed by atoms with Gasteiger partial charge in [-0.1, -0.05) is 19.1 Å². The molecule has 2 heteroatoms. The van der Waals surface area contributed by atoms with E-state index in [9.17, 15) is 4.79 Å². The minimum Gasteiger partial charge on any atom is -0.315 e. The smallest absolute Gasteiger partial charge is 0.229 e. The number of benzene rings is 1. The average Bonchev–Trinajstić information content (AvgIpc) is 3.11. The molecule has 1 amide bonds. The highest BCUT2D eigenvalue weighted by atomic mass is 16.2. The quantitative estimate of drug-likeness (QED) is 0.739. The van der Waals surface area contributed by atoms with Gasteiger partial charge in [0.15, 0.2) is 0 Å². The van der Waals surface area contributed by atoms with Crippen molar-refractivity contribution >= 4 is 11.6 Å². The molecule has 0 aliphatic heterocycles. The van der Waals surface area contributed by atoms with Gasteiger partial charge in [-0.15, -0.1) is 0 Å². The second kappa shape index (κ2) is 4.05. The summed E-state index contributed by atoms with van der Waals surface area (Å²) in [4.78, 5) is 13.6. The SMILES string of the molecule is CCc1ccc(N(C)C(=O)C2CC2)cc1. The molecule has 2 nitrogen and oxygen atoms in total. The van der Waals surface area contributed by atoms with Gasteiger partial charge in [0, 0.05) is 18.7 Å². The van der Waals surface area contributed by atoms with E-state index in [1.807, 2.05) is 19.2 Å². The average molecular weight is 203 g/mol. The lowest BCUT2D eigenvalue weighted by Gasteiger charge is -2.17. The summed E-state index contributed by atoms with van der Waals surface area (Å²) in [6, 6.07) is 8.23. The highest BCUT2D eigenvalue weighted by Crippen LogP contribution is 2.32. The number of carbonyl (C=O) groups is 1. The molecule has 0 unspecified atom stereocenters. The molecular formula is C13H17NO. The van der Waals surface area contributed by atoms with Crippen molar-refractivity contribution < 1.29 is 4.79 Å². The number of amides is 1. The summed E-state index contributed by atoms with van der Waals surface area (Å²) in [5, 5.41) is 0. The van der Waals surface area contributed by atoms with Crippen LogP contribution in [-0.4, -0.2) is 13.0 Å². The van der Waals surface area contributed by atoms with Gasteiger partial charge in [0.25, 0.3) is 0 Å². The molecule has 1 aliphatic carbocycles. The topological polar surface area (TPSA) is 20.3 Å². The number of anilines is 1. The number of hydrogen-bond donors (Lipinski definition) is 0. The van der Waals surface area contributed by atoms with Gasteiger partial charge >= 0.3 is 0 Å². The number of nitrogens with zero attached hydrogens (tertiary/aromatic N) is 1. The Hall–Kier alpha value is -1.31. The lowest BCUT2D eigenvalue weighted by atomic mass is 10.1. The third-order valence-electron chi connectivity index (χ3n) is 2.99. The Kier molecular flexibility index (Phi) is 2.76. The van der Waals surface area contributed by atoms with Crippen molar-refractivity contribution in [3.05, 3.63) is 29.8 Å². The van der Waals surface area contributed by atoms with Crippen molar-refractivity contribution in [3.63, 3.8) is 0 Å². The lowest BCUT2D eigenvalue weighted by molar-refractivity contribution is -0.119. The van der Waals surface area contributed by atoms with Crippen molar-refractivity contribution in [1.82, 2.24) is 0 Å². The summed E-state index contributed by atoms with van der Waals surface area (Å²) in [5.41, 5.74) is 2.31. The summed E-state index contributed by atoms with van der Waals surface area (Å²) in [6.07, 6.45) is 3.17. The highest BCUT2D eigenvalue weighted by Gasteiger charge is 2.32. The van der Waals surface area contributed by atoms with Gasteiger partial charge in [-0.05, 0) is 37.0 Å². The van der Waals surface area contributed by atoms with E-state index in [-0.39, 0.29) is 5.91 Å². The molecule has 0 N–H and O–H groups in total. The van der Waals surface area contributed by atoms with Gasteiger partial charge < -0.3 is 4.90 Å². The van der Waals surface area contributed by atoms with Crippen LogP contribution in [0.3, 0.4) is 0 Å². The third-order valence-corrected chi connectivity index (χ3v) is 2.99. The monoisotopic (exact) mass is 203 g/mol. The molecule has 0 bridgehead atoms. The zero-order chi connectivity index (χ0) is 10.8. The Balaban J connectivity index is 2.10. The van der Waals surface area contributed by atoms with E-state index < -0.39 is 0 Å². The molecule has 1 fully saturated rings. The third kappa shape index (κ3) is 2.20. The first-order valence-corrected chi connectivity index (χ1v) is 5.59. The van der Waals surface area contributed by atoms with Gasteiger partial charge in [0.05, 0.1) is 0 Å². The summed E-state index contributed by atoms with van der Waals surface area (Å²) in [5.74, 6) is 0.556. The molecule has 0 atom stereocenters. The predicted octanol–water partition coefficient (Wildman–Crippen LogP) is 2.62. The van der Waals surface area contributed by atoms with Crippen LogP contribution in [0.1, 0.15) is 25.3 Å². The fourth-order valence-electron chi connectivity index (χ4n) is 1.69. The lowest BCUT2D eigenvalue weighted by Crippen LogP contribution is -2.27. The molecule has 1 aromatic rings. The van der Waals surface area contributed by atoms with Crippen molar-refractivity contribution in [2.75, 3.05) is 11.9 Å². The van der Waals surface area contributed by atoms with E-state index in [0.717, 1.165) is 24.9 Å². The molecule has 1 aromatic carbocycles. The maximum Gasteiger partial charge on any atom is 0.229 e. The Labute approximate surface area is 90.9 Å². The number of rotatable bonds is 3. The van der Waals surface area contributed by atoms with Crippen LogP contribution < -0.4 is 4.90 Å². The van der Waals surface area contributed by atoms with Crippen molar-refractivity contribution in [2.45, 2.75) is 26.2 Å². The first-order valence-electron chi connectivity index (χ1n) is 5.59. The van der Waals surface area contributed by atoms with Crippen LogP contribution in [0.15, 0.2) is 24.3 Å². The minimum atomic E-state index is 0.263. The second-order valence-electron chi connectivity index (χ2n) is 4.19. The van der Waals surface area contributed by atoms with E-state index in [1.54, 1.807) is 4.90 Å². The summed E-state index contributed by atoms with van der Waals surface area (Å²) < 4.78 is 0. The molecule has 2 rings (SSSR count). The Morgan fingerprint density at radius 3 is 2.40 bits per heavy atom. The van der Waals surface area contributed by atoms with Crippen LogP contribution in [0.25, 0.3) is 0 Å². The van der Waals surface area contributed by atoms with Crippen LogP contribution in [0.5, 0.6) is 0 Å². The van der Waals surface area contributed by atoms with Gasteiger partial charge in [-0.2, -0.15) is 0 Å². The Morgan fingerprint density at radius 1 is 1.33 bits per heavy atom. The van der Waals surface area contributed by atoms with Crippen molar-refractivity contribution in [2.24, 2.45) is 5.92 Å². The van der Waals surface area contributed by atoms with Gasteiger partial charge in [0.2, 0.25) is 5.91 Å². The molecule has 80 valence electrons. The molecule has 0 saturated heterocycles. The number of aryl methyl sites for hydroxylation is 1. The fourth-order valence-corrected chi connectivity index (χ4v) is 1.69. The molecule has 1 aliphatic rings. The maximum atomic E-state index is 11.8. The maximum absolute atomic E-state index is 11.8. The van der Waals surface area contributed by atoms with Crippen LogP contribution in [0.4, 0.5) is 5.69 Å². The second-order valence-corrected chi connectivity index (χ2v) is 4.19. The molecule has 0 heterocycles. The van der Waals surface area contributed by atoms with Crippen LogP contribution >= 0.6 is 0 Å². The largest absolute Gasteiger partial charge is 0.315 e. The van der Waals surface area contributed by atoms with E-state index in [1.165, 1.54) is 5.56 Å². The van der Waals surface area contributed by atoms with Crippen molar-refractivity contribution in [1.29, 1.82) is 0 Å². The predicted molar refractivity (Wildman–Crippen MR) is 62.0 cm³/mol. The Morgan fingerprint density at radius 2 is 1.93 bits per heavy atom. The van der Waals surface area contributed by atoms with Crippen LogP contribution in [0.2, 0.25) is 0 Å². The van der Waals surface area contributed by atoms with Crippen LogP contribution in [-0.2, 0) is 11.2 Å². The zero-order valence-electron chi connectivity index (χ0n) is 9.36. The summed E-state index contributed by atoms with van der Waals surface area (Å²) >= 11 is 0. The number of carbonyl (C=O) groups excluding carboxylic acids is 1. The standard InChI is InChI=1S/C13H17NO/c1-3-10-4-8-12(9-5-10)14(2)13(15)11-6-7-11/h4-5,8-9,11H,3,6-7H2,1-2H3. The fraction of sp³-hybridized carbons (Fsp3) is 0.462. The molecule has 0 aromatic heterocycles. The first-order chi connectivity index (χ1) is 7.22. The van der Waals surface area contributed by atoms with E-state index >= 15 is 0 Å². The summed E-state index contributed by atoms with van der Waals surface area (Å²) in [6.45, 7) is 2.13. The molecule has 15 heavy (non-hydrogen) atoms. The summed E-state index contributed by atoms with van der Waals surface area (Å²) in [7, 11) is 1.86. The van der Waals surface area contributed by atoms with Gasteiger partial charge in [-0.25, -0.2) is 0 Å². The first kappa shape index (κ1) is 10.2. The highest BCUT2D eigenvalue weighted by molar-refractivity contribution is 5.95. The van der Waals surface area contributed by atoms with E-state index in [4.69, 9.17) is 0 Å². The number of hydrogen-bond acceptors (Lipinski definition) is 1. The normalized spacial score (nSPS) is 15.1. The van der Waals surface area contributed by atoms with Gasteiger partial charge in [0.1, 0.15) is 0 Å². The molecule has 0 radical (unpaired) electrons. The van der Waals surface area contributed by atoms with Crippen molar-refractivity contribution in [3.8, 4) is 0 Å². The van der Waals surface area contributed by atoms with Crippen LogP contribution in [0, 0.1) is 5.92 Å². The molecule has 0 spiro atoms. The van der Waals surface area contributed by atoms with E-state index in [2.05, 4.69) is 19.1 Å². The van der Waals surface area contributed by atoms with Gasteiger partial charge in [-0.3, -0.25) is 4.79 Å². The van der Waals surface area contributed by atoms with E-state index in [0.29, 0.717) is 5.92 Å². The minimum absolute atomic E-state index is 0.263. The zero-order valence-corrected chi connectivity index (χ0v) is 9.36. The molecular weight excluding hydrogens is 186 g/mol. The Bertz CT molecular complexity index is 351. The molecule has 1 saturated carbocycles.